The van der Waals surface area contributed by atoms with Gasteiger partial charge in [0.15, 0.2) is 0 Å². The lowest BCUT2D eigenvalue weighted by Crippen LogP contribution is -2.29. The summed E-state index contributed by atoms with van der Waals surface area (Å²) in [6.07, 6.45) is 0.982. The second-order valence-electron chi connectivity index (χ2n) is 4.46. The molecule has 106 valence electrons. The van der Waals surface area contributed by atoms with Gasteiger partial charge in [0.1, 0.15) is 12.4 Å². The van der Waals surface area contributed by atoms with Crippen LogP contribution in [0.5, 0.6) is 5.75 Å². The predicted octanol–water partition coefficient (Wildman–Crippen LogP) is 2.80. The number of nitrogens with one attached hydrogen (secondary N) is 1. The molecule has 3 N–H and O–H groups in total. The first-order chi connectivity index (χ1) is 9.63. The molecule has 2 aromatic rings. The molecule has 0 unspecified atom stereocenters. The van der Waals surface area contributed by atoms with E-state index >= 15 is 0 Å². The zero-order valence-electron chi connectivity index (χ0n) is 11.6. The first-order valence-corrected chi connectivity index (χ1v) is 7.27. The molecule has 0 radical (unpaired) electrons. The largest absolute Gasteiger partial charge is 0.489 e. The summed E-state index contributed by atoms with van der Waals surface area (Å²) in [4.78, 5) is 13.1. The molecule has 0 aliphatic carbocycles. The lowest BCUT2D eigenvalue weighted by atomic mass is 10.2. The van der Waals surface area contributed by atoms with E-state index in [0.717, 1.165) is 22.6 Å². The average molecular weight is 290 g/mol. The molecule has 0 aliphatic rings. The quantitative estimate of drug-likeness (QED) is 0.505. The van der Waals surface area contributed by atoms with Crippen LogP contribution in [0.4, 0.5) is 0 Å². The van der Waals surface area contributed by atoms with Gasteiger partial charge >= 0.3 is 0 Å². The highest BCUT2D eigenvalue weighted by atomic mass is 32.1. The van der Waals surface area contributed by atoms with Crippen molar-refractivity contribution in [1.29, 1.82) is 0 Å². The van der Waals surface area contributed by atoms with E-state index in [9.17, 15) is 4.79 Å². The van der Waals surface area contributed by atoms with Crippen LogP contribution in [0.25, 0.3) is 0 Å². The fraction of sp³-hybridized carbons (Fsp3) is 0.267. The molecule has 5 heteroatoms. The minimum Gasteiger partial charge on any atom is -0.489 e. The van der Waals surface area contributed by atoms with E-state index in [-0.39, 0.29) is 5.91 Å². The topological polar surface area (TPSA) is 64.3 Å². The molecule has 1 aromatic carbocycles. The summed E-state index contributed by atoms with van der Waals surface area (Å²) in [5, 5.41) is 0. The lowest BCUT2D eigenvalue weighted by molar-refractivity contribution is 0.0957. The van der Waals surface area contributed by atoms with Crippen molar-refractivity contribution in [3.05, 3.63) is 51.2 Å². The van der Waals surface area contributed by atoms with Gasteiger partial charge in [-0.15, -0.1) is 11.3 Å². The number of ether oxygens (including phenoxy) is 1. The standard InChI is InChI=1S/C15H18N2O2S/c1-3-11-5-4-6-13(7-11)19-9-12-8-14(15(18)17-16)20-10(12)2/h4-8H,3,9,16H2,1-2H3,(H,17,18). The second-order valence-corrected chi connectivity index (χ2v) is 5.71. The van der Waals surface area contributed by atoms with Gasteiger partial charge in [0.2, 0.25) is 0 Å². The Morgan fingerprint density at radius 3 is 2.90 bits per heavy atom. The maximum absolute atomic E-state index is 11.5. The molecule has 1 heterocycles. The number of aryl methyl sites for hydroxylation is 2. The normalized spacial score (nSPS) is 10.3. The van der Waals surface area contributed by atoms with Crippen molar-refractivity contribution < 1.29 is 9.53 Å². The molecule has 0 saturated carbocycles. The fourth-order valence-corrected chi connectivity index (χ4v) is 2.79. The number of carbonyl (C=O) groups is 1. The SMILES string of the molecule is CCc1cccc(OCc2cc(C(=O)NN)sc2C)c1. The van der Waals surface area contributed by atoms with Crippen LogP contribution in [0.2, 0.25) is 0 Å². The highest BCUT2D eigenvalue weighted by Crippen LogP contribution is 2.23. The van der Waals surface area contributed by atoms with Crippen molar-refractivity contribution >= 4 is 17.2 Å². The summed E-state index contributed by atoms with van der Waals surface area (Å²) in [6, 6.07) is 9.86. The number of hydrazine groups is 1. The predicted molar refractivity (Wildman–Crippen MR) is 80.9 cm³/mol. The third kappa shape index (κ3) is 3.37. The molecule has 0 atom stereocenters. The minimum absolute atomic E-state index is 0.266. The number of thiophene rings is 1. The molecule has 20 heavy (non-hydrogen) atoms. The average Bonchev–Trinajstić information content (AvgIpc) is 2.85. The lowest BCUT2D eigenvalue weighted by Gasteiger charge is -2.07. The Hall–Kier alpha value is -1.85. The van der Waals surface area contributed by atoms with Crippen LogP contribution in [0, 0.1) is 6.92 Å². The molecule has 1 amide bonds. The Labute approximate surface area is 122 Å². The summed E-state index contributed by atoms with van der Waals surface area (Å²) in [6.45, 7) is 4.53. The van der Waals surface area contributed by atoms with E-state index in [4.69, 9.17) is 10.6 Å². The van der Waals surface area contributed by atoms with E-state index in [1.54, 1.807) is 0 Å². The summed E-state index contributed by atoms with van der Waals surface area (Å²) in [7, 11) is 0. The summed E-state index contributed by atoms with van der Waals surface area (Å²) < 4.78 is 5.79. The number of nitrogen functional groups attached to an aromatic ring is 1. The van der Waals surface area contributed by atoms with Gasteiger partial charge in [-0.25, -0.2) is 5.84 Å². The summed E-state index contributed by atoms with van der Waals surface area (Å²) in [5.74, 6) is 5.72. The number of nitrogens with two attached hydrogens (primary N) is 1. The van der Waals surface area contributed by atoms with Crippen LogP contribution in [0.3, 0.4) is 0 Å². The van der Waals surface area contributed by atoms with Crippen LogP contribution in [0.1, 0.15) is 32.6 Å². The Morgan fingerprint density at radius 2 is 2.20 bits per heavy atom. The van der Waals surface area contributed by atoms with Crippen LogP contribution < -0.4 is 16.0 Å². The zero-order valence-corrected chi connectivity index (χ0v) is 12.4. The molecule has 0 aliphatic heterocycles. The van der Waals surface area contributed by atoms with Crippen LogP contribution >= 0.6 is 11.3 Å². The Morgan fingerprint density at radius 1 is 1.40 bits per heavy atom. The first-order valence-electron chi connectivity index (χ1n) is 6.46. The van der Waals surface area contributed by atoms with Crippen LogP contribution in [-0.2, 0) is 13.0 Å². The third-order valence-electron chi connectivity index (χ3n) is 3.08. The molecule has 1 aromatic heterocycles. The minimum atomic E-state index is -0.266. The van der Waals surface area contributed by atoms with Gasteiger partial charge in [-0.1, -0.05) is 19.1 Å². The smallest absolute Gasteiger partial charge is 0.275 e. The van der Waals surface area contributed by atoms with E-state index < -0.39 is 0 Å². The molecule has 0 saturated heterocycles. The van der Waals surface area contributed by atoms with E-state index in [2.05, 4.69) is 18.4 Å². The maximum atomic E-state index is 11.5. The maximum Gasteiger partial charge on any atom is 0.275 e. The fourth-order valence-electron chi connectivity index (χ4n) is 1.86. The Bertz CT molecular complexity index is 608. The van der Waals surface area contributed by atoms with Crippen molar-refractivity contribution in [1.82, 2.24) is 5.43 Å². The Kier molecular flexibility index (Phi) is 4.76. The number of hydrogen-bond donors (Lipinski definition) is 2. The number of rotatable bonds is 5. The zero-order chi connectivity index (χ0) is 14.5. The summed E-state index contributed by atoms with van der Waals surface area (Å²) >= 11 is 1.42. The molecule has 0 fully saturated rings. The van der Waals surface area contributed by atoms with Gasteiger partial charge < -0.3 is 4.74 Å². The number of hydrogen-bond acceptors (Lipinski definition) is 4. The molecular weight excluding hydrogens is 272 g/mol. The van der Waals surface area contributed by atoms with Gasteiger partial charge in [0.25, 0.3) is 5.91 Å². The highest BCUT2D eigenvalue weighted by molar-refractivity contribution is 7.14. The van der Waals surface area contributed by atoms with Gasteiger partial charge in [-0.2, -0.15) is 0 Å². The highest BCUT2D eigenvalue weighted by Gasteiger charge is 2.11. The van der Waals surface area contributed by atoms with Gasteiger partial charge in [0.05, 0.1) is 4.88 Å². The first kappa shape index (κ1) is 14.6. The van der Waals surface area contributed by atoms with E-state index in [1.165, 1.54) is 16.9 Å². The number of benzene rings is 1. The molecule has 4 nitrogen and oxygen atoms in total. The van der Waals surface area contributed by atoms with Crippen molar-refractivity contribution in [3.63, 3.8) is 0 Å². The van der Waals surface area contributed by atoms with Crippen molar-refractivity contribution in [2.24, 2.45) is 5.84 Å². The monoisotopic (exact) mass is 290 g/mol. The van der Waals surface area contributed by atoms with Gasteiger partial charge in [-0.05, 0) is 37.1 Å². The van der Waals surface area contributed by atoms with Crippen molar-refractivity contribution in [2.45, 2.75) is 26.9 Å². The molecule has 0 spiro atoms. The summed E-state index contributed by atoms with van der Waals surface area (Å²) in [5.41, 5.74) is 4.39. The third-order valence-corrected chi connectivity index (χ3v) is 4.17. The van der Waals surface area contributed by atoms with Crippen molar-refractivity contribution in [3.8, 4) is 5.75 Å². The van der Waals surface area contributed by atoms with Crippen molar-refractivity contribution in [2.75, 3.05) is 0 Å². The van der Waals surface area contributed by atoms with E-state index in [0.29, 0.717) is 11.5 Å². The molecule has 2 rings (SSSR count). The van der Waals surface area contributed by atoms with Gasteiger partial charge in [0, 0.05) is 10.4 Å². The number of amides is 1. The van der Waals surface area contributed by atoms with Crippen LogP contribution in [0.15, 0.2) is 30.3 Å². The van der Waals surface area contributed by atoms with Gasteiger partial charge in [-0.3, -0.25) is 10.2 Å². The van der Waals surface area contributed by atoms with E-state index in [1.807, 2.05) is 31.2 Å². The second kappa shape index (κ2) is 6.54. The molecule has 0 bridgehead atoms. The number of carbonyl (C=O) groups excluding carboxylic acids is 1. The van der Waals surface area contributed by atoms with Crippen LogP contribution in [-0.4, -0.2) is 5.91 Å². The molecular formula is C15H18N2O2S. The Balaban J connectivity index is 2.06.